The van der Waals surface area contributed by atoms with Crippen molar-refractivity contribution in [2.24, 2.45) is 15.0 Å². The second-order valence-electron chi connectivity index (χ2n) is 7.67. The van der Waals surface area contributed by atoms with E-state index >= 15 is 0 Å². The Morgan fingerprint density at radius 2 is 0.742 bits per heavy atom. The summed E-state index contributed by atoms with van der Waals surface area (Å²) < 4.78 is 4.03. The van der Waals surface area contributed by atoms with Crippen LogP contribution in [0.1, 0.15) is 81.6 Å². The minimum absolute atomic E-state index is 0.821. The van der Waals surface area contributed by atoms with Crippen LogP contribution in [-0.2, 0) is 27.4 Å². The van der Waals surface area contributed by atoms with Gasteiger partial charge in [-0.3, -0.25) is 0 Å². The summed E-state index contributed by atoms with van der Waals surface area (Å²) in [6, 6.07) is 0. The standard InChI is InChI=1S/3C8H17N2.Y/c3*1-4-7-10(6-3)8-9-5-2;/h3*4-7H2,1-3H3;. The van der Waals surface area contributed by atoms with Crippen molar-refractivity contribution in [1.29, 1.82) is 0 Å². The molecule has 0 atom stereocenters. The number of amidine groups is 3. The number of hydrogen-bond donors (Lipinski definition) is 0. The van der Waals surface area contributed by atoms with Crippen molar-refractivity contribution in [2.75, 3.05) is 58.9 Å². The summed E-state index contributed by atoms with van der Waals surface area (Å²) in [6.45, 7) is 28.7. The van der Waals surface area contributed by atoms with E-state index < -0.39 is 27.4 Å². The molecule has 0 aromatic carbocycles. The van der Waals surface area contributed by atoms with E-state index in [1.54, 1.807) is 0 Å². The summed E-state index contributed by atoms with van der Waals surface area (Å²) in [4.78, 5) is 23.2. The first-order valence-electron chi connectivity index (χ1n) is 12.9. The maximum absolute atomic E-state index is 5.20. The summed E-state index contributed by atoms with van der Waals surface area (Å²) in [7, 11) is 0. The van der Waals surface area contributed by atoms with Gasteiger partial charge in [0, 0.05) is 0 Å². The Hall–Kier alpha value is -0.486. The second kappa shape index (κ2) is 19.0. The number of aliphatic imine (C=N–C) groups is 3. The molecular formula is C24H51N6Y. The minimum atomic E-state index is -2.90. The molecule has 0 bridgehead atoms. The van der Waals surface area contributed by atoms with Crippen LogP contribution >= 0.6 is 0 Å². The van der Waals surface area contributed by atoms with Crippen molar-refractivity contribution >= 4 is 7.94 Å². The zero-order chi connectivity index (χ0) is 23.6. The van der Waals surface area contributed by atoms with E-state index in [0.717, 1.165) is 78.2 Å². The van der Waals surface area contributed by atoms with Crippen LogP contribution in [0.15, 0.2) is 15.0 Å². The first-order chi connectivity index (χ1) is 15.0. The fourth-order valence-corrected chi connectivity index (χ4v) is 13.5. The van der Waals surface area contributed by atoms with Gasteiger partial charge in [-0.2, -0.15) is 0 Å². The number of nitrogens with zero attached hydrogens (tertiary/aromatic N) is 6. The van der Waals surface area contributed by atoms with Gasteiger partial charge in [-0.05, 0) is 0 Å². The summed E-state index contributed by atoms with van der Waals surface area (Å²) in [6.07, 6.45) is 3.40. The third-order valence-corrected chi connectivity index (χ3v) is 13.2. The number of rotatable bonds is 15. The van der Waals surface area contributed by atoms with Gasteiger partial charge < -0.3 is 0 Å². The molecule has 0 N–H and O–H groups in total. The average molecular weight is 513 g/mol. The van der Waals surface area contributed by atoms with Crippen LogP contribution in [0.25, 0.3) is 0 Å². The molecule has 0 aliphatic carbocycles. The Kier molecular flexibility index (Phi) is 18.7. The van der Waals surface area contributed by atoms with Crippen molar-refractivity contribution in [3.8, 4) is 0 Å². The number of hydrogen-bond acceptors (Lipinski definition) is 3. The van der Waals surface area contributed by atoms with Gasteiger partial charge in [-0.15, -0.1) is 0 Å². The van der Waals surface area contributed by atoms with Crippen molar-refractivity contribution < 1.29 is 27.4 Å². The van der Waals surface area contributed by atoms with Crippen molar-refractivity contribution in [3.05, 3.63) is 0 Å². The Balaban J connectivity index is 6.95. The Labute approximate surface area is 204 Å². The van der Waals surface area contributed by atoms with Gasteiger partial charge in [-0.1, -0.05) is 0 Å². The predicted octanol–water partition coefficient (Wildman–Crippen LogP) is 4.93. The maximum atomic E-state index is 5.20. The first kappa shape index (κ1) is 30.5. The molecular weight excluding hydrogens is 461 g/mol. The van der Waals surface area contributed by atoms with Crippen LogP contribution in [0.4, 0.5) is 0 Å². The second-order valence-corrected chi connectivity index (χ2v) is 13.6. The van der Waals surface area contributed by atoms with Gasteiger partial charge in [0.25, 0.3) is 0 Å². The molecule has 0 heterocycles. The molecule has 31 heavy (non-hydrogen) atoms. The van der Waals surface area contributed by atoms with Crippen LogP contribution in [0.5, 0.6) is 0 Å². The van der Waals surface area contributed by atoms with Gasteiger partial charge >= 0.3 is 206 Å². The predicted molar refractivity (Wildman–Crippen MR) is 137 cm³/mol. The molecule has 0 rings (SSSR count). The van der Waals surface area contributed by atoms with Crippen molar-refractivity contribution in [2.45, 2.75) is 81.6 Å². The molecule has 0 saturated carbocycles. The van der Waals surface area contributed by atoms with E-state index in [2.05, 4.69) is 77.0 Å². The third-order valence-electron chi connectivity index (χ3n) is 5.33. The molecule has 0 saturated heterocycles. The fourth-order valence-electron chi connectivity index (χ4n) is 4.07. The van der Waals surface area contributed by atoms with Crippen LogP contribution in [0, 0.1) is 0 Å². The Morgan fingerprint density at radius 1 is 0.484 bits per heavy atom. The van der Waals surface area contributed by atoms with Crippen molar-refractivity contribution in [3.63, 3.8) is 0 Å². The fraction of sp³-hybridized carbons (Fsp3) is 0.875. The zero-order valence-corrected chi connectivity index (χ0v) is 25.1. The summed E-state index contributed by atoms with van der Waals surface area (Å²) in [5.41, 5.74) is 0. The van der Waals surface area contributed by atoms with E-state index in [-0.39, 0.29) is 0 Å². The topological polar surface area (TPSA) is 46.8 Å². The molecule has 0 aliphatic rings. The molecule has 0 unspecified atom stereocenters. The van der Waals surface area contributed by atoms with Crippen LogP contribution in [0.2, 0.25) is 0 Å². The van der Waals surface area contributed by atoms with Gasteiger partial charge in [0.05, 0.1) is 0 Å². The summed E-state index contributed by atoms with van der Waals surface area (Å²) in [5.74, 6) is 0. The molecule has 0 radical (unpaired) electrons. The van der Waals surface area contributed by atoms with Gasteiger partial charge in [-0.25, -0.2) is 0 Å². The third kappa shape index (κ3) is 9.90. The monoisotopic (exact) mass is 512 g/mol. The van der Waals surface area contributed by atoms with Gasteiger partial charge in [0.2, 0.25) is 0 Å². The van der Waals surface area contributed by atoms with Crippen LogP contribution in [-0.4, -0.2) is 81.5 Å². The zero-order valence-electron chi connectivity index (χ0n) is 22.2. The molecule has 6 nitrogen and oxygen atoms in total. The summed E-state index contributed by atoms with van der Waals surface area (Å²) in [5, 5.41) is 0. The molecule has 7 heteroatoms. The summed E-state index contributed by atoms with van der Waals surface area (Å²) >= 11 is -2.90. The molecule has 0 aromatic rings. The quantitative estimate of drug-likeness (QED) is 0.231. The molecule has 0 spiro atoms. The van der Waals surface area contributed by atoms with Crippen molar-refractivity contribution in [1.82, 2.24) is 14.7 Å². The molecule has 0 aromatic heterocycles. The molecule has 0 aliphatic heterocycles. The normalized spacial score (nSPS) is 12.9. The molecule has 180 valence electrons. The van der Waals surface area contributed by atoms with Gasteiger partial charge in [0.1, 0.15) is 0 Å². The van der Waals surface area contributed by atoms with Gasteiger partial charge in [0.15, 0.2) is 0 Å². The van der Waals surface area contributed by atoms with E-state index in [4.69, 9.17) is 15.0 Å². The first-order valence-corrected chi connectivity index (χ1v) is 17.2. The average Bonchev–Trinajstić information content (AvgIpc) is 2.78. The van der Waals surface area contributed by atoms with Crippen LogP contribution < -0.4 is 0 Å². The SMILES string of the molecule is CCCN(CC)[C](=NCC)[Y]([C](=NCC)N(CC)CCC)[C](=NCC)N(CC)CCC. The van der Waals surface area contributed by atoms with E-state index in [1.807, 2.05) is 0 Å². The van der Waals surface area contributed by atoms with E-state index in [9.17, 15) is 0 Å². The molecule has 0 fully saturated rings. The molecule has 0 amide bonds. The Morgan fingerprint density at radius 3 is 0.903 bits per heavy atom. The van der Waals surface area contributed by atoms with E-state index in [0.29, 0.717) is 0 Å². The van der Waals surface area contributed by atoms with E-state index in [1.165, 1.54) is 7.94 Å². The Bertz CT molecular complexity index is 470. The van der Waals surface area contributed by atoms with Crippen LogP contribution in [0.3, 0.4) is 0 Å².